The topological polar surface area (TPSA) is 86.4 Å². The summed E-state index contributed by atoms with van der Waals surface area (Å²) in [4.78, 5) is 7.20. The van der Waals surface area contributed by atoms with Gasteiger partial charge in [-0.3, -0.25) is 5.73 Å². The Hall–Kier alpha value is -2.27. The van der Waals surface area contributed by atoms with E-state index in [1.54, 1.807) is 18.2 Å². The van der Waals surface area contributed by atoms with Crippen LogP contribution in [0.5, 0.6) is 5.75 Å². The van der Waals surface area contributed by atoms with Gasteiger partial charge in [0.05, 0.1) is 5.56 Å². The van der Waals surface area contributed by atoms with Crippen LogP contribution in [0, 0.1) is 6.92 Å². The Kier molecular flexibility index (Phi) is 2.57. The third kappa shape index (κ3) is 1.98. The van der Waals surface area contributed by atoms with Crippen molar-refractivity contribution in [3.05, 3.63) is 34.9 Å². The third-order valence-corrected chi connectivity index (χ3v) is 3.07. The molecule has 4 N–H and O–H groups in total. The number of oxazole rings is 1. The molecule has 0 aliphatic carbocycles. The largest absolute Gasteiger partial charge is 0.507 e. The van der Waals surface area contributed by atoms with E-state index in [4.69, 9.17) is 21.8 Å². The van der Waals surface area contributed by atoms with Crippen molar-refractivity contribution < 1.29 is 14.5 Å². The van der Waals surface area contributed by atoms with Crippen molar-refractivity contribution in [2.24, 2.45) is 0 Å². The highest BCUT2D eigenvalue weighted by atomic mass is 35.5. The number of nitrogens with two attached hydrogens (primary N) is 1. The monoisotopic (exact) mass is 276 g/mol. The number of aryl methyl sites for hydroxylation is 1. The number of rotatable bonds is 1. The molecular weight excluding hydrogens is 266 g/mol. The fraction of sp³-hybridized carbons (Fsp3) is 0.0769. The minimum absolute atomic E-state index is 0.0910. The summed E-state index contributed by atoms with van der Waals surface area (Å²) in [5.74, 6) is 0.0910. The SMILES string of the molecule is Cc1cc(Cl)cc(O)c1-c1ccc2oc(N)[nH+]c2n1. The molecule has 6 heteroatoms. The van der Waals surface area contributed by atoms with Gasteiger partial charge in [-0.1, -0.05) is 16.6 Å². The number of halogens is 1. The van der Waals surface area contributed by atoms with Crippen molar-refractivity contribution in [2.45, 2.75) is 6.92 Å². The molecule has 0 unspecified atom stereocenters. The first kappa shape index (κ1) is 11.8. The molecule has 3 rings (SSSR count). The molecule has 0 aliphatic rings. The van der Waals surface area contributed by atoms with Crippen LogP contribution in [0.4, 0.5) is 6.01 Å². The number of nitrogens with one attached hydrogen (secondary N) is 1. The standard InChI is InChI=1S/C13H10ClN3O2/c1-6-4-7(14)5-9(18)11(6)8-2-3-10-12(16-8)17-13(15)19-10/h2-5,18H,1H3,(H2,15,16,17)/p+1. The molecule has 96 valence electrons. The first-order valence-corrected chi connectivity index (χ1v) is 6.00. The minimum Gasteiger partial charge on any atom is -0.507 e. The second-order valence-electron chi connectivity index (χ2n) is 4.25. The van der Waals surface area contributed by atoms with Gasteiger partial charge in [0, 0.05) is 5.02 Å². The number of phenolic OH excluding ortho intramolecular Hbond substituents is 1. The zero-order valence-electron chi connectivity index (χ0n) is 10.1. The van der Waals surface area contributed by atoms with Crippen molar-refractivity contribution in [2.75, 3.05) is 5.73 Å². The van der Waals surface area contributed by atoms with Crippen molar-refractivity contribution in [3.63, 3.8) is 0 Å². The van der Waals surface area contributed by atoms with E-state index in [2.05, 4.69) is 9.97 Å². The van der Waals surface area contributed by atoms with Gasteiger partial charge in [0.15, 0.2) is 5.69 Å². The van der Waals surface area contributed by atoms with Crippen LogP contribution in [0.1, 0.15) is 5.56 Å². The summed E-state index contributed by atoms with van der Waals surface area (Å²) >= 11 is 5.89. The molecule has 0 radical (unpaired) electrons. The molecule has 0 bridgehead atoms. The Labute approximate surface area is 113 Å². The predicted octanol–water partition coefficient (Wildman–Crippen LogP) is 2.56. The van der Waals surface area contributed by atoms with Crippen LogP contribution in [0.15, 0.2) is 28.7 Å². The molecule has 0 atom stereocenters. The Morgan fingerprint density at radius 1 is 1.37 bits per heavy atom. The molecule has 2 aromatic heterocycles. The highest BCUT2D eigenvalue weighted by Gasteiger charge is 2.16. The van der Waals surface area contributed by atoms with Gasteiger partial charge in [-0.2, -0.15) is 0 Å². The molecule has 5 nitrogen and oxygen atoms in total. The number of aromatic amines is 1. The number of pyridine rings is 1. The Morgan fingerprint density at radius 2 is 2.16 bits per heavy atom. The van der Waals surface area contributed by atoms with Crippen molar-refractivity contribution >= 4 is 28.8 Å². The van der Waals surface area contributed by atoms with E-state index >= 15 is 0 Å². The number of anilines is 1. The maximum Gasteiger partial charge on any atom is 0.393 e. The lowest BCUT2D eigenvalue weighted by Crippen LogP contribution is -2.06. The first-order chi connectivity index (χ1) is 9.04. The molecule has 0 saturated heterocycles. The van der Waals surface area contributed by atoms with E-state index in [1.165, 1.54) is 6.07 Å². The number of hydrogen-bond acceptors (Lipinski definition) is 4. The summed E-state index contributed by atoms with van der Waals surface area (Å²) in [5.41, 5.74) is 8.72. The molecule has 2 heterocycles. The van der Waals surface area contributed by atoms with E-state index in [-0.39, 0.29) is 11.8 Å². The molecule has 0 fully saturated rings. The maximum absolute atomic E-state index is 10.0. The van der Waals surface area contributed by atoms with Gasteiger partial charge in [-0.25, -0.2) is 4.98 Å². The van der Waals surface area contributed by atoms with E-state index in [0.29, 0.717) is 27.5 Å². The van der Waals surface area contributed by atoms with E-state index in [1.807, 2.05) is 6.92 Å². The highest BCUT2D eigenvalue weighted by molar-refractivity contribution is 6.31. The Morgan fingerprint density at radius 3 is 2.89 bits per heavy atom. The summed E-state index contributed by atoms with van der Waals surface area (Å²) in [7, 11) is 0. The summed E-state index contributed by atoms with van der Waals surface area (Å²) in [6.07, 6.45) is 0. The number of fused-ring (bicyclic) bond motifs is 1. The number of aromatic nitrogens is 2. The fourth-order valence-corrected chi connectivity index (χ4v) is 2.34. The normalized spacial score (nSPS) is 11.1. The van der Waals surface area contributed by atoms with E-state index in [0.717, 1.165) is 5.56 Å². The summed E-state index contributed by atoms with van der Waals surface area (Å²) in [5, 5.41) is 10.5. The van der Waals surface area contributed by atoms with Crippen LogP contribution in [0.2, 0.25) is 5.02 Å². The number of nitrogen functional groups attached to an aromatic ring is 1. The summed E-state index contributed by atoms with van der Waals surface area (Å²) < 4.78 is 5.21. The Bertz CT molecular complexity index is 760. The molecule has 0 saturated carbocycles. The van der Waals surface area contributed by atoms with E-state index < -0.39 is 0 Å². The minimum atomic E-state index is 0.0910. The number of aromatic hydroxyl groups is 1. The lowest BCUT2D eigenvalue weighted by Gasteiger charge is -2.06. The van der Waals surface area contributed by atoms with Gasteiger partial charge in [-0.05, 0) is 36.8 Å². The van der Waals surface area contributed by atoms with Crippen molar-refractivity contribution in [3.8, 4) is 17.0 Å². The second-order valence-corrected chi connectivity index (χ2v) is 4.69. The second kappa shape index (κ2) is 4.13. The van der Waals surface area contributed by atoms with Crippen LogP contribution in [-0.4, -0.2) is 10.1 Å². The van der Waals surface area contributed by atoms with Crippen LogP contribution in [0.25, 0.3) is 22.5 Å². The summed E-state index contributed by atoms with van der Waals surface area (Å²) in [6.45, 7) is 1.86. The van der Waals surface area contributed by atoms with Crippen LogP contribution in [-0.2, 0) is 0 Å². The molecule has 19 heavy (non-hydrogen) atoms. The molecule has 3 aromatic rings. The number of benzene rings is 1. The molecule has 0 spiro atoms. The number of nitrogens with zero attached hydrogens (tertiary/aromatic N) is 1. The van der Waals surface area contributed by atoms with Gasteiger partial charge in [0.1, 0.15) is 5.75 Å². The maximum atomic E-state index is 10.0. The zero-order chi connectivity index (χ0) is 13.6. The van der Waals surface area contributed by atoms with Crippen LogP contribution in [0.3, 0.4) is 0 Å². The van der Waals surface area contributed by atoms with E-state index in [9.17, 15) is 5.11 Å². The zero-order valence-corrected chi connectivity index (χ0v) is 10.8. The van der Waals surface area contributed by atoms with Gasteiger partial charge >= 0.3 is 11.7 Å². The number of hydrogen-bond donors (Lipinski definition) is 2. The summed E-state index contributed by atoms with van der Waals surface area (Å²) in [6, 6.07) is 6.96. The van der Waals surface area contributed by atoms with Gasteiger partial charge in [0.25, 0.3) is 0 Å². The van der Waals surface area contributed by atoms with Crippen LogP contribution >= 0.6 is 11.6 Å². The molecule has 0 amide bonds. The predicted molar refractivity (Wildman–Crippen MR) is 71.8 cm³/mol. The van der Waals surface area contributed by atoms with Crippen molar-refractivity contribution in [1.29, 1.82) is 0 Å². The fourth-order valence-electron chi connectivity index (χ4n) is 2.08. The Balaban J connectivity index is 2.24. The molecule has 0 aliphatic heterocycles. The quantitative estimate of drug-likeness (QED) is 0.715. The van der Waals surface area contributed by atoms with Crippen molar-refractivity contribution in [1.82, 2.24) is 4.98 Å². The smallest absolute Gasteiger partial charge is 0.393 e. The average Bonchev–Trinajstić information content (AvgIpc) is 2.67. The first-order valence-electron chi connectivity index (χ1n) is 5.62. The van der Waals surface area contributed by atoms with Gasteiger partial charge < -0.3 is 9.52 Å². The highest BCUT2D eigenvalue weighted by Crippen LogP contribution is 2.34. The molecule has 1 aromatic carbocycles. The van der Waals surface area contributed by atoms with Gasteiger partial charge in [0.2, 0.25) is 5.58 Å². The third-order valence-electron chi connectivity index (χ3n) is 2.86. The lowest BCUT2D eigenvalue weighted by molar-refractivity contribution is -0.336. The average molecular weight is 277 g/mol. The van der Waals surface area contributed by atoms with Gasteiger partial charge in [-0.15, -0.1) is 0 Å². The molecular formula is C13H11ClN3O2+. The van der Waals surface area contributed by atoms with Crippen LogP contribution < -0.4 is 10.7 Å². The number of H-pyrrole nitrogens is 1. The lowest BCUT2D eigenvalue weighted by atomic mass is 10.0. The number of phenols is 1.